The molecule has 0 aliphatic rings. The minimum absolute atomic E-state index is 0. The molecule has 0 radical (unpaired) electrons. The average Bonchev–Trinajstić information content (AvgIpc) is 2.55. The van der Waals surface area contributed by atoms with Gasteiger partial charge in [0.2, 0.25) is 0 Å². The summed E-state index contributed by atoms with van der Waals surface area (Å²) in [6.45, 7) is 8.33. The predicted octanol–water partition coefficient (Wildman–Crippen LogP) is 2.32. The van der Waals surface area contributed by atoms with Gasteiger partial charge in [0.15, 0.2) is 0 Å². The molecule has 0 heterocycles. The van der Waals surface area contributed by atoms with Crippen LogP contribution in [0.15, 0.2) is 24.3 Å². The van der Waals surface area contributed by atoms with Gasteiger partial charge in [-0.05, 0) is 24.1 Å². The van der Waals surface area contributed by atoms with E-state index in [4.69, 9.17) is 0 Å². The van der Waals surface area contributed by atoms with Crippen LogP contribution in [0.4, 0.5) is 5.69 Å². The number of aromatic carboxylic acids is 1. The molecule has 26 heavy (non-hydrogen) atoms. The van der Waals surface area contributed by atoms with Gasteiger partial charge in [-0.2, -0.15) is 0 Å². The Morgan fingerprint density at radius 2 is 1.31 bits per heavy atom. The zero-order chi connectivity index (χ0) is 18.5. The molecule has 1 aromatic rings. The van der Waals surface area contributed by atoms with E-state index in [-0.39, 0.29) is 35.1 Å². The van der Waals surface area contributed by atoms with Crippen LogP contribution in [-0.4, -0.2) is 20.6 Å². The first-order valence-electron chi connectivity index (χ1n) is 9.94. The van der Waals surface area contributed by atoms with E-state index in [2.05, 4.69) is 25.0 Å². The van der Waals surface area contributed by atoms with Gasteiger partial charge in [-0.25, -0.2) is 0 Å². The minimum atomic E-state index is -1.12. The number of nitrogens with one attached hydrogen (secondary N) is 1. The molecule has 1 rings (SSSR count). The Kier molecular flexibility index (Phi) is 14.6. The van der Waals surface area contributed by atoms with Crippen LogP contribution in [-0.2, 0) is 0 Å². The van der Waals surface area contributed by atoms with Crippen LogP contribution >= 0.6 is 0 Å². The molecule has 1 N–H and O–H groups in total. The van der Waals surface area contributed by atoms with Crippen LogP contribution in [0.2, 0.25) is 25.7 Å². The van der Waals surface area contributed by atoms with E-state index in [0.717, 1.165) is 12.2 Å². The summed E-state index contributed by atoms with van der Waals surface area (Å²) in [6, 6.07) is 8.25. The molecule has 0 fully saturated rings. The van der Waals surface area contributed by atoms with Gasteiger partial charge in [0.25, 0.3) is 0 Å². The average molecular weight is 386 g/mol. The zero-order valence-electron chi connectivity index (χ0n) is 17.4. The quantitative estimate of drug-likeness (QED) is 0.395. The third-order valence-electron chi connectivity index (χ3n) is 4.55. The molecule has 1 aromatic carbocycles. The number of carboxylic acids is 1. The van der Waals surface area contributed by atoms with Crippen LogP contribution in [0.3, 0.4) is 0 Å². The van der Waals surface area contributed by atoms with Crippen LogP contribution in [0, 0.1) is 0 Å². The Morgan fingerprint density at radius 1 is 0.846 bits per heavy atom. The van der Waals surface area contributed by atoms with E-state index in [0.29, 0.717) is 0 Å². The molecule has 0 aliphatic heterocycles. The summed E-state index contributed by atoms with van der Waals surface area (Å²) in [7, 11) is -0.819. The van der Waals surface area contributed by atoms with Crippen LogP contribution in [0.25, 0.3) is 0 Å². The Bertz CT molecular complexity index is 486. The van der Waals surface area contributed by atoms with Gasteiger partial charge < -0.3 is 15.2 Å². The summed E-state index contributed by atoms with van der Waals surface area (Å²) >= 11 is 0. The first-order valence-corrected chi connectivity index (χ1v) is 13.6. The summed E-state index contributed by atoms with van der Waals surface area (Å²) < 4.78 is 0. The monoisotopic (exact) mass is 385 g/mol. The van der Waals surface area contributed by atoms with Crippen LogP contribution < -0.4 is 40.0 Å². The topological polar surface area (TPSA) is 52.2 Å². The number of rotatable bonds is 14. The van der Waals surface area contributed by atoms with Crippen molar-refractivity contribution in [3.05, 3.63) is 29.8 Å². The van der Waals surface area contributed by atoms with Gasteiger partial charge in [0.05, 0.1) is 5.97 Å². The maximum absolute atomic E-state index is 10.7. The van der Waals surface area contributed by atoms with Crippen LogP contribution in [0.1, 0.15) is 68.1 Å². The van der Waals surface area contributed by atoms with E-state index in [9.17, 15) is 9.90 Å². The van der Waals surface area contributed by atoms with E-state index in [1.54, 1.807) is 24.3 Å². The Hall–Kier alpha value is -0.293. The minimum Gasteiger partial charge on any atom is -0.545 e. The van der Waals surface area contributed by atoms with Crippen molar-refractivity contribution < 1.29 is 39.5 Å². The van der Waals surface area contributed by atoms with Gasteiger partial charge in [-0.1, -0.05) is 89.2 Å². The maximum atomic E-state index is 10.7. The fraction of sp³-hybridized carbons (Fsp3) is 0.667. The second-order valence-corrected chi connectivity index (χ2v) is 13.9. The van der Waals surface area contributed by atoms with Crippen molar-refractivity contribution in [2.24, 2.45) is 0 Å². The van der Waals surface area contributed by atoms with Gasteiger partial charge in [0.1, 0.15) is 0 Å². The summed E-state index contributed by atoms with van der Waals surface area (Å²) in [5.41, 5.74) is 1.20. The smallest absolute Gasteiger partial charge is 0.545 e. The molecule has 0 amide bonds. The van der Waals surface area contributed by atoms with Crippen molar-refractivity contribution >= 4 is 19.7 Å². The van der Waals surface area contributed by atoms with E-state index in [1.165, 1.54) is 63.8 Å². The number of carbonyl (C=O) groups is 1. The van der Waals surface area contributed by atoms with Crippen molar-refractivity contribution in [3.8, 4) is 0 Å². The number of carboxylic acid groups (broad SMARTS) is 1. The largest absolute Gasteiger partial charge is 1.00 e. The normalized spacial score (nSPS) is 11.0. The van der Waals surface area contributed by atoms with Gasteiger partial charge in [-0.15, -0.1) is 0 Å². The number of unbranched alkanes of at least 4 members (excludes halogenated alkanes) is 8. The SMILES string of the molecule is C[Si](C)(C)CCCCCCCCCCCNc1ccc(C(=O)[O-])cc1.[Na+]. The van der Waals surface area contributed by atoms with Gasteiger partial charge in [0, 0.05) is 20.3 Å². The van der Waals surface area contributed by atoms with Gasteiger partial charge >= 0.3 is 29.6 Å². The van der Waals surface area contributed by atoms with Crippen molar-refractivity contribution in [2.45, 2.75) is 83.5 Å². The molecule has 3 nitrogen and oxygen atoms in total. The maximum Gasteiger partial charge on any atom is 1.00 e. The fourth-order valence-electron chi connectivity index (χ4n) is 2.97. The summed E-state index contributed by atoms with van der Waals surface area (Å²) in [6.07, 6.45) is 12.1. The molecule has 142 valence electrons. The third-order valence-corrected chi connectivity index (χ3v) is 6.41. The second-order valence-electron chi connectivity index (χ2n) is 8.28. The fourth-order valence-corrected chi connectivity index (χ4v) is 4.29. The molecule has 0 aliphatic carbocycles. The molecule has 0 saturated heterocycles. The number of hydrogen-bond acceptors (Lipinski definition) is 3. The number of benzene rings is 1. The number of carbonyl (C=O) groups excluding carboxylic acids is 1. The summed E-state index contributed by atoms with van der Waals surface area (Å²) in [4.78, 5) is 10.7. The third kappa shape index (κ3) is 13.9. The van der Waals surface area contributed by atoms with Crippen molar-refractivity contribution in [3.63, 3.8) is 0 Å². The molecule has 0 spiro atoms. The standard InChI is InChI=1S/C21H37NO2Si.Na/c1-25(2,3)18-12-10-8-6-4-5-7-9-11-17-22-20-15-13-19(14-16-20)21(23)24;/h13-16,22H,4-12,17-18H2,1-3H3,(H,23,24);/q;+1/p-1. The van der Waals surface area contributed by atoms with E-state index in [1.807, 2.05) is 0 Å². The Labute approximate surface area is 183 Å². The molecule has 0 atom stereocenters. The molecular formula is C21H36NNaO2Si. The molecule has 5 heteroatoms. The van der Waals surface area contributed by atoms with E-state index < -0.39 is 14.0 Å². The van der Waals surface area contributed by atoms with Crippen molar-refractivity contribution in [2.75, 3.05) is 11.9 Å². The second kappa shape index (κ2) is 14.7. The molecule has 0 saturated carbocycles. The summed E-state index contributed by atoms with van der Waals surface area (Å²) in [5, 5.41) is 14.0. The van der Waals surface area contributed by atoms with Crippen LogP contribution in [0.5, 0.6) is 0 Å². The van der Waals surface area contributed by atoms with Gasteiger partial charge in [-0.3, -0.25) is 0 Å². The molecule has 0 bridgehead atoms. The Balaban J connectivity index is 0.00000625. The first-order chi connectivity index (χ1) is 11.9. The first kappa shape index (κ1) is 25.7. The number of anilines is 1. The van der Waals surface area contributed by atoms with Crippen molar-refractivity contribution in [1.82, 2.24) is 0 Å². The molecular weight excluding hydrogens is 349 g/mol. The molecule has 0 unspecified atom stereocenters. The number of hydrogen-bond donors (Lipinski definition) is 1. The Morgan fingerprint density at radius 3 is 1.77 bits per heavy atom. The zero-order valence-corrected chi connectivity index (χ0v) is 20.4. The van der Waals surface area contributed by atoms with Crippen molar-refractivity contribution in [1.29, 1.82) is 0 Å². The summed E-state index contributed by atoms with van der Waals surface area (Å²) in [5.74, 6) is -1.12. The molecule has 0 aromatic heterocycles. The predicted molar refractivity (Wildman–Crippen MR) is 109 cm³/mol. The van der Waals surface area contributed by atoms with E-state index >= 15 is 0 Å².